The fourth-order valence-corrected chi connectivity index (χ4v) is 4.50. The molecule has 1 N–H and O–H groups in total. The highest BCUT2D eigenvalue weighted by Crippen LogP contribution is 2.33. The van der Waals surface area contributed by atoms with Crippen molar-refractivity contribution < 1.29 is 22.7 Å². The van der Waals surface area contributed by atoms with Gasteiger partial charge in [0.05, 0.1) is 18.1 Å². The van der Waals surface area contributed by atoms with E-state index in [1.165, 1.54) is 10.4 Å². The van der Waals surface area contributed by atoms with Gasteiger partial charge in [-0.1, -0.05) is 0 Å². The van der Waals surface area contributed by atoms with Gasteiger partial charge < -0.3 is 14.8 Å². The quantitative estimate of drug-likeness (QED) is 0.875. The average Bonchev–Trinajstić information content (AvgIpc) is 2.85. The van der Waals surface area contributed by atoms with Crippen LogP contribution in [0.1, 0.15) is 19.3 Å². The molecule has 0 radical (unpaired) electrons. The van der Waals surface area contributed by atoms with E-state index in [0.29, 0.717) is 50.6 Å². The van der Waals surface area contributed by atoms with E-state index in [-0.39, 0.29) is 16.7 Å². The Morgan fingerprint density at radius 3 is 2.50 bits per heavy atom. The fourth-order valence-electron chi connectivity index (χ4n) is 3.02. The Morgan fingerprint density at radius 1 is 1.17 bits per heavy atom. The number of nitrogens with one attached hydrogen (secondary N) is 1. The number of hydrogen-bond acceptors (Lipinski definition) is 5. The van der Waals surface area contributed by atoms with Gasteiger partial charge in [0, 0.05) is 38.5 Å². The highest BCUT2D eigenvalue weighted by atomic mass is 32.2. The van der Waals surface area contributed by atoms with Crippen molar-refractivity contribution in [3.8, 4) is 11.5 Å². The second-order valence-corrected chi connectivity index (χ2v) is 7.89. The van der Waals surface area contributed by atoms with Crippen LogP contribution in [0.25, 0.3) is 0 Å². The molecule has 1 fully saturated rings. The van der Waals surface area contributed by atoms with Gasteiger partial charge in [-0.05, 0) is 25.0 Å². The molecule has 0 spiro atoms. The summed E-state index contributed by atoms with van der Waals surface area (Å²) in [5.74, 6) is 0.895. The number of rotatable bonds is 3. The molecule has 0 saturated carbocycles. The van der Waals surface area contributed by atoms with Crippen molar-refractivity contribution in [2.75, 3.05) is 33.4 Å². The van der Waals surface area contributed by atoms with Crippen LogP contribution in [0.15, 0.2) is 23.1 Å². The zero-order chi connectivity index (χ0) is 17.2. The van der Waals surface area contributed by atoms with Crippen LogP contribution in [0.5, 0.6) is 11.5 Å². The SMILES string of the molecule is CNC(=O)C1CCN(S(=O)(=O)c2ccc3c(c2)OCCCO3)CC1. The smallest absolute Gasteiger partial charge is 0.243 e. The molecule has 2 heterocycles. The highest BCUT2D eigenvalue weighted by Gasteiger charge is 2.32. The molecule has 1 saturated heterocycles. The monoisotopic (exact) mass is 354 g/mol. The van der Waals surface area contributed by atoms with Crippen molar-refractivity contribution >= 4 is 15.9 Å². The maximum atomic E-state index is 12.8. The van der Waals surface area contributed by atoms with Crippen LogP contribution in [-0.2, 0) is 14.8 Å². The van der Waals surface area contributed by atoms with E-state index < -0.39 is 10.0 Å². The summed E-state index contributed by atoms with van der Waals surface area (Å²) in [7, 11) is -2.00. The van der Waals surface area contributed by atoms with Crippen LogP contribution in [0.3, 0.4) is 0 Å². The molecule has 2 aliphatic heterocycles. The second kappa shape index (κ2) is 6.98. The lowest BCUT2D eigenvalue weighted by atomic mass is 9.97. The number of hydrogen-bond donors (Lipinski definition) is 1. The first kappa shape index (κ1) is 17.0. The lowest BCUT2D eigenvalue weighted by molar-refractivity contribution is -0.125. The van der Waals surface area contributed by atoms with Crippen LogP contribution in [0.2, 0.25) is 0 Å². The highest BCUT2D eigenvalue weighted by molar-refractivity contribution is 7.89. The third kappa shape index (κ3) is 3.34. The van der Waals surface area contributed by atoms with E-state index in [9.17, 15) is 13.2 Å². The van der Waals surface area contributed by atoms with Gasteiger partial charge in [0.2, 0.25) is 15.9 Å². The van der Waals surface area contributed by atoms with Crippen molar-refractivity contribution in [1.82, 2.24) is 9.62 Å². The standard InChI is InChI=1S/C16H22N2O5S/c1-17-16(19)12-5-7-18(8-6-12)24(20,21)13-3-4-14-15(11-13)23-10-2-9-22-14/h3-4,11-12H,2,5-10H2,1H3,(H,17,19). The van der Waals surface area contributed by atoms with Gasteiger partial charge in [0.1, 0.15) is 0 Å². The first-order valence-corrected chi connectivity index (χ1v) is 9.58. The summed E-state index contributed by atoms with van der Waals surface area (Å²) in [6.07, 6.45) is 1.83. The van der Waals surface area contributed by atoms with Crippen LogP contribution in [0, 0.1) is 5.92 Å². The predicted octanol–water partition coefficient (Wildman–Crippen LogP) is 0.995. The Balaban J connectivity index is 1.77. The summed E-state index contributed by atoms with van der Waals surface area (Å²) >= 11 is 0. The predicted molar refractivity (Wildman–Crippen MR) is 87.6 cm³/mol. The summed E-state index contributed by atoms with van der Waals surface area (Å²) < 4.78 is 38.2. The Kier molecular flexibility index (Phi) is 4.96. The Labute approximate surface area is 142 Å². The molecule has 0 bridgehead atoms. The number of carbonyl (C=O) groups excluding carboxylic acids is 1. The number of ether oxygens (including phenoxy) is 2. The van der Waals surface area contributed by atoms with Crippen LogP contribution >= 0.6 is 0 Å². The van der Waals surface area contributed by atoms with E-state index in [0.717, 1.165) is 6.42 Å². The zero-order valence-corrected chi connectivity index (χ0v) is 14.5. The van der Waals surface area contributed by atoms with Gasteiger partial charge >= 0.3 is 0 Å². The van der Waals surface area contributed by atoms with E-state index in [1.807, 2.05) is 0 Å². The lowest BCUT2D eigenvalue weighted by Crippen LogP contribution is -2.42. The van der Waals surface area contributed by atoms with Gasteiger partial charge in [0.15, 0.2) is 11.5 Å². The van der Waals surface area contributed by atoms with Crippen LogP contribution in [-0.4, -0.2) is 52.0 Å². The molecule has 0 aliphatic carbocycles. The molecule has 3 rings (SSSR count). The minimum Gasteiger partial charge on any atom is -0.490 e. The molecule has 0 aromatic heterocycles. The number of nitrogens with zero attached hydrogens (tertiary/aromatic N) is 1. The number of sulfonamides is 1. The average molecular weight is 354 g/mol. The first-order valence-electron chi connectivity index (χ1n) is 8.14. The second-order valence-electron chi connectivity index (χ2n) is 5.95. The molecule has 0 atom stereocenters. The molecule has 7 nitrogen and oxygen atoms in total. The van der Waals surface area contributed by atoms with E-state index in [2.05, 4.69) is 5.32 Å². The third-order valence-electron chi connectivity index (χ3n) is 4.43. The van der Waals surface area contributed by atoms with Gasteiger partial charge in [-0.2, -0.15) is 4.31 Å². The third-order valence-corrected chi connectivity index (χ3v) is 6.32. The number of fused-ring (bicyclic) bond motifs is 1. The van der Waals surface area contributed by atoms with Gasteiger partial charge in [-0.15, -0.1) is 0 Å². The molecule has 2 aliphatic rings. The van der Waals surface area contributed by atoms with Gasteiger partial charge in [-0.25, -0.2) is 8.42 Å². The molecule has 1 aromatic carbocycles. The van der Waals surface area contributed by atoms with E-state index in [4.69, 9.17) is 9.47 Å². The first-order chi connectivity index (χ1) is 11.5. The molecule has 8 heteroatoms. The van der Waals surface area contributed by atoms with E-state index >= 15 is 0 Å². The summed E-state index contributed by atoms with van der Waals surface area (Å²) in [6.45, 7) is 1.75. The van der Waals surface area contributed by atoms with Crippen LogP contribution in [0.4, 0.5) is 0 Å². The summed E-state index contributed by atoms with van der Waals surface area (Å²) in [4.78, 5) is 11.9. The summed E-state index contributed by atoms with van der Waals surface area (Å²) in [6, 6.07) is 4.72. The van der Waals surface area contributed by atoms with Crippen molar-refractivity contribution in [2.45, 2.75) is 24.2 Å². The lowest BCUT2D eigenvalue weighted by Gasteiger charge is -2.30. The molecular weight excluding hydrogens is 332 g/mol. The molecular formula is C16H22N2O5S. The number of amides is 1. The Hall–Kier alpha value is -1.80. The largest absolute Gasteiger partial charge is 0.490 e. The fraction of sp³-hybridized carbons (Fsp3) is 0.562. The van der Waals surface area contributed by atoms with Crippen molar-refractivity contribution in [1.29, 1.82) is 0 Å². The maximum absolute atomic E-state index is 12.8. The molecule has 1 amide bonds. The Bertz CT molecular complexity index is 711. The van der Waals surface area contributed by atoms with Crippen molar-refractivity contribution in [3.05, 3.63) is 18.2 Å². The molecule has 0 unspecified atom stereocenters. The van der Waals surface area contributed by atoms with Crippen molar-refractivity contribution in [3.63, 3.8) is 0 Å². The van der Waals surface area contributed by atoms with Gasteiger partial charge in [-0.3, -0.25) is 4.79 Å². The molecule has 24 heavy (non-hydrogen) atoms. The van der Waals surface area contributed by atoms with Gasteiger partial charge in [0.25, 0.3) is 0 Å². The van der Waals surface area contributed by atoms with Crippen LogP contribution < -0.4 is 14.8 Å². The van der Waals surface area contributed by atoms with E-state index in [1.54, 1.807) is 19.2 Å². The normalized spacial score (nSPS) is 19.5. The number of carbonyl (C=O) groups is 1. The topological polar surface area (TPSA) is 84.9 Å². The molecule has 132 valence electrons. The minimum atomic E-state index is -3.60. The number of benzene rings is 1. The number of piperidine rings is 1. The zero-order valence-electron chi connectivity index (χ0n) is 13.7. The minimum absolute atomic E-state index is 0.0253. The summed E-state index contributed by atoms with van der Waals surface area (Å²) in [5.41, 5.74) is 0. The van der Waals surface area contributed by atoms with Crippen molar-refractivity contribution in [2.24, 2.45) is 5.92 Å². The Morgan fingerprint density at radius 2 is 1.83 bits per heavy atom. The maximum Gasteiger partial charge on any atom is 0.243 e. The molecule has 1 aromatic rings. The summed E-state index contributed by atoms with van der Waals surface area (Å²) in [5, 5.41) is 2.62.